The first kappa shape index (κ1) is 10.3. The second-order valence-electron chi connectivity index (χ2n) is 4.50. The number of anilines is 1. The van der Waals surface area contributed by atoms with Crippen molar-refractivity contribution in [3.8, 4) is 11.3 Å². The number of benzene rings is 1. The number of nitrogens with zero attached hydrogens (tertiary/aromatic N) is 2. The smallest absolute Gasteiger partial charge is 0.223 e. The van der Waals surface area contributed by atoms with Gasteiger partial charge in [0.1, 0.15) is 0 Å². The maximum absolute atomic E-state index is 4.56. The highest BCUT2D eigenvalue weighted by Crippen LogP contribution is 2.25. The quantitative estimate of drug-likeness (QED) is 0.872. The molecule has 1 aliphatic rings. The molecule has 17 heavy (non-hydrogen) atoms. The van der Waals surface area contributed by atoms with Crippen LogP contribution in [0.15, 0.2) is 36.5 Å². The van der Waals surface area contributed by atoms with Crippen LogP contribution in [-0.4, -0.2) is 16.0 Å². The van der Waals surface area contributed by atoms with E-state index in [0.29, 0.717) is 6.04 Å². The second kappa shape index (κ2) is 4.17. The zero-order valence-electron chi connectivity index (χ0n) is 9.85. The Morgan fingerprint density at radius 1 is 1.18 bits per heavy atom. The summed E-state index contributed by atoms with van der Waals surface area (Å²) >= 11 is 0. The number of nitrogens with one attached hydrogen (secondary N) is 1. The van der Waals surface area contributed by atoms with Crippen LogP contribution >= 0.6 is 0 Å². The van der Waals surface area contributed by atoms with Gasteiger partial charge in [0.05, 0.1) is 5.69 Å². The lowest BCUT2D eigenvalue weighted by Crippen LogP contribution is -2.05. The average Bonchev–Trinajstić information content (AvgIpc) is 3.14. The van der Waals surface area contributed by atoms with E-state index >= 15 is 0 Å². The fourth-order valence-corrected chi connectivity index (χ4v) is 1.85. The third-order valence-electron chi connectivity index (χ3n) is 2.99. The lowest BCUT2D eigenvalue weighted by Gasteiger charge is -2.07. The number of aryl methyl sites for hydroxylation is 1. The van der Waals surface area contributed by atoms with E-state index in [2.05, 4.69) is 34.3 Å². The van der Waals surface area contributed by atoms with Gasteiger partial charge < -0.3 is 5.32 Å². The van der Waals surface area contributed by atoms with Crippen molar-refractivity contribution < 1.29 is 0 Å². The molecular weight excluding hydrogens is 210 g/mol. The molecule has 1 aromatic heterocycles. The molecule has 1 saturated carbocycles. The van der Waals surface area contributed by atoms with E-state index in [1.54, 1.807) is 0 Å². The van der Waals surface area contributed by atoms with E-state index in [1.807, 2.05) is 24.4 Å². The minimum Gasteiger partial charge on any atom is -0.351 e. The van der Waals surface area contributed by atoms with Gasteiger partial charge in [-0.05, 0) is 31.4 Å². The molecule has 1 heterocycles. The summed E-state index contributed by atoms with van der Waals surface area (Å²) in [7, 11) is 0. The van der Waals surface area contributed by atoms with E-state index in [1.165, 1.54) is 24.0 Å². The van der Waals surface area contributed by atoms with Gasteiger partial charge in [-0.15, -0.1) is 0 Å². The van der Waals surface area contributed by atoms with Crippen LogP contribution in [0.3, 0.4) is 0 Å². The molecule has 1 aliphatic carbocycles. The van der Waals surface area contributed by atoms with Crippen molar-refractivity contribution in [1.29, 1.82) is 0 Å². The Hall–Kier alpha value is -1.90. The van der Waals surface area contributed by atoms with Crippen molar-refractivity contribution in [3.05, 3.63) is 42.1 Å². The van der Waals surface area contributed by atoms with Crippen molar-refractivity contribution in [2.45, 2.75) is 25.8 Å². The molecule has 3 nitrogen and oxygen atoms in total. The minimum atomic E-state index is 0.585. The predicted molar refractivity (Wildman–Crippen MR) is 68.8 cm³/mol. The summed E-state index contributed by atoms with van der Waals surface area (Å²) in [4.78, 5) is 8.81. The standard InChI is InChI=1S/C14H15N3/c1-10-4-2-3-5-12(10)13-8-9-15-14(17-13)16-11-6-7-11/h2-5,8-9,11H,6-7H2,1H3,(H,15,16,17). The molecule has 1 fully saturated rings. The SMILES string of the molecule is Cc1ccccc1-c1ccnc(NC2CC2)n1. The fourth-order valence-electron chi connectivity index (χ4n) is 1.85. The molecule has 2 aromatic rings. The third kappa shape index (κ3) is 2.28. The van der Waals surface area contributed by atoms with Crippen molar-refractivity contribution >= 4 is 5.95 Å². The first-order valence-electron chi connectivity index (χ1n) is 5.98. The van der Waals surface area contributed by atoms with Gasteiger partial charge in [0.2, 0.25) is 5.95 Å². The highest BCUT2D eigenvalue weighted by Gasteiger charge is 2.21. The van der Waals surface area contributed by atoms with Gasteiger partial charge in [0.15, 0.2) is 0 Å². The van der Waals surface area contributed by atoms with Crippen LogP contribution in [0.25, 0.3) is 11.3 Å². The maximum Gasteiger partial charge on any atom is 0.223 e. The van der Waals surface area contributed by atoms with Gasteiger partial charge in [-0.25, -0.2) is 9.97 Å². The molecule has 3 rings (SSSR count). The molecule has 0 aliphatic heterocycles. The van der Waals surface area contributed by atoms with Crippen LogP contribution in [0.2, 0.25) is 0 Å². The Morgan fingerprint density at radius 3 is 2.76 bits per heavy atom. The van der Waals surface area contributed by atoms with Crippen molar-refractivity contribution in [2.24, 2.45) is 0 Å². The molecular formula is C14H15N3. The van der Waals surface area contributed by atoms with E-state index in [9.17, 15) is 0 Å². The van der Waals surface area contributed by atoms with Crippen LogP contribution in [0.1, 0.15) is 18.4 Å². The lowest BCUT2D eigenvalue weighted by atomic mass is 10.1. The molecule has 0 spiro atoms. The monoisotopic (exact) mass is 225 g/mol. The van der Waals surface area contributed by atoms with Crippen LogP contribution < -0.4 is 5.32 Å². The maximum atomic E-state index is 4.56. The molecule has 0 saturated heterocycles. The van der Waals surface area contributed by atoms with Crippen LogP contribution in [0, 0.1) is 6.92 Å². The van der Waals surface area contributed by atoms with Gasteiger partial charge >= 0.3 is 0 Å². The van der Waals surface area contributed by atoms with E-state index in [0.717, 1.165) is 11.6 Å². The van der Waals surface area contributed by atoms with Crippen molar-refractivity contribution in [3.63, 3.8) is 0 Å². The van der Waals surface area contributed by atoms with E-state index in [4.69, 9.17) is 0 Å². The normalized spacial score (nSPS) is 14.6. The minimum absolute atomic E-state index is 0.585. The predicted octanol–water partition coefficient (Wildman–Crippen LogP) is 3.03. The van der Waals surface area contributed by atoms with Crippen molar-refractivity contribution in [1.82, 2.24) is 9.97 Å². The third-order valence-corrected chi connectivity index (χ3v) is 2.99. The van der Waals surface area contributed by atoms with E-state index in [-0.39, 0.29) is 0 Å². The average molecular weight is 225 g/mol. The van der Waals surface area contributed by atoms with Crippen LogP contribution in [0.5, 0.6) is 0 Å². The van der Waals surface area contributed by atoms with Gasteiger partial charge in [-0.2, -0.15) is 0 Å². The zero-order chi connectivity index (χ0) is 11.7. The Bertz CT molecular complexity index is 532. The Kier molecular flexibility index (Phi) is 2.52. The number of aromatic nitrogens is 2. The fraction of sp³-hybridized carbons (Fsp3) is 0.286. The molecule has 0 atom stereocenters. The zero-order valence-corrected chi connectivity index (χ0v) is 9.85. The van der Waals surface area contributed by atoms with Gasteiger partial charge in [-0.3, -0.25) is 0 Å². The summed E-state index contributed by atoms with van der Waals surface area (Å²) < 4.78 is 0. The largest absolute Gasteiger partial charge is 0.351 e. The summed E-state index contributed by atoms with van der Waals surface area (Å²) in [6, 6.07) is 10.8. The van der Waals surface area contributed by atoms with Crippen LogP contribution in [0.4, 0.5) is 5.95 Å². The van der Waals surface area contributed by atoms with Gasteiger partial charge in [0, 0.05) is 17.8 Å². The summed E-state index contributed by atoms with van der Waals surface area (Å²) in [6.45, 7) is 2.10. The molecule has 0 unspecified atom stereocenters. The lowest BCUT2D eigenvalue weighted by molar-refractivity contribution is 1.05. The number of hydrogen-bond donors (Lipinski definition) is 1. The molecule has 0 radical (unpaired) electrons. The van der Waals surface area contributed by atoms with Crippen molar-refractivity contribution in [2.75, 3.05) is 5.32 Å². The molecule has 0 bridgehead atoms. The van der Waals surface area contributed by atoms with Gasteiger partial charge in [0.25, 0.3) is 0 Å². The summed E-state index contributed by atoms with van der Waals surface area (Å²) in [6.07, 6.45) is 4.29. The van der Waals surface area contributed by atoms with Crippen LogP contribution in [-0.2, 0) is 0 Å². The molecule has 86 valence electrons. The summed E-state index contributed by atoms with van der Waals surface area (Å²) in [5.41, 5.74) is 3.40. The molecule has 1 N–H and O–H groups in total. The Labute approximate surface area is 101 Å². The summed E-state index contributed by atoms with van der Waals surface area (Å²) in [5.74, 6) is 0.744. The molecule has 3 heteroatoms. The topological polar surface area (TPSA) is 37.8 Å². The summed E-state index contributed by atoms with van der Waals surface area (Å²) in [5, 5.41) is 3.32. The second-order valence-corrected chi connectivity index (χ2v) is 4.50. The van der Waals surface area contributed by atoms with Gasteiger partial charge in [-0.1, -0.05) is 24.3 Å². The Morgan fingerprint density at radius 2 is 2.00 bits per heavy atom. The number of rotatable bonds is 3. The molecule has 1 aromatic carbocycles. The number of hydrogen-bond acceptors (Lipinski definition) is 3. The highest BCUT2D eigenvalue weighted by molar-refractivity contribution is 5.63. The van der Waals surface area contributed by atoms with E-state index < -0.39 is 0 Å². The highest BCUT2D eigenvalue weighted by atomic mass is 15.1. The Balaban J connectivity index is 1.94. The first-order valence-corrected chi connectivity index (χ1v) is 5.98. The first-order chi connectivity index (χ1) is 8.33. The molecule has 0 amide bonds.